The van der Waals surface area contributed by atoms with Crippen LogP contribution in [0.3, 0.4) is 0 Å². The highest BCUT2D eigenvalue weighted by molar-refractivity contribution is 5.78. The van der Waals surface area contributed by atoms with E-state index in [-0.39, 0.29) is 5.97 Å². The number of ether oxygens (including phenoxy) is 1. The van der Waals surface area contributed by atoms with Crippen molar-refractivity contribution >= 4 is 11.9 Å². The molecule has 0 amide bonds. The van der Waals surface area contributed by atoms with E-state index in [4.69, 9.17) is 10.5 Å². The highest BCUT2D eigenvalue weighted by Gasteiger charge is 2.11. The quantitative estimate of drug-likeness (QED) is 0.554. The third-order valence-electron chi connectivity index (χ3n) is 4.29. The van der Waals surface area contributed by atoms with Crippen LogP contribution in [0.2, 0.25) is 0 Å². The summed E-state index contributed by atoms with van der Waals surface area (Å²) in [5, 5.41) is 3.30. The van der Waals surface area contributed by atoms with E-state index >= 15 is 0 Å². The molecule has 23 heavy (non-hydrogen) atoms. The molecule has 134 valence electrons. The number of carbonyl (C=O) groups is 1. The molecule has 0 bridgehead atoms. The van der Waals surface area contributed by atoms with Gasteiger partial charge in [0.2, 0.25) is 0 Å². The number of rotatable bonds is 7. The minimum Gasteiger partial charge on any atom is -0.466 e. The van der Waals surface area contributed by atoms with Crippen molar-refractivity contribution in [1.29, 1.82) is 0 Å². The van der Waals surface area contributed by atoms with Crippen molar-refractivity contribution < 1.29 is 9.53 Å². The molecule has 1 aliphatic heterocycles. The van der Waals surface area contributed by atoms with Gasteiger partial charge in [-0.2, -0.15) is 0 Å². The molecule has 0 aromatic carbocycles. The third-order valence-corrected chi connectivity index (χ3v) is 4.29. The number of hydrogen-bond acceptors (Lipinski definition) is 5. The van der Waals surface area contributed by atoms with Crippen LogP contribution in [0.1, 0.15) is 84.5 Å². The van der Waals surface area contributed by atoms with Gasteiger partial charge in [-0.05, 0) is 45.4 Å². The lowest BCUT2D eigenvalue weighted by atomic mass is 10.0. The van der Waals surface area contributed by atoms with E-state index in [0.717, 1.165) is 38.5 Å². The topological polar surface area (TPSA) is 76.7 Å². The van der Waals surface area contributed by atoms with Gasteiger partial charge >= 0.3 is 5.97 Å². The normalized spacial score (nSPS) is 23.3. The van der Waals surface area contributed by atoms with Gasteiger partial charge < -0.3 is 15.8 Å². The van der Waals surface area contributed by atoms with Crippen LogP contribution in [0.5, 0.6) is 0 Å². The molecular formula is C18H35N3O2. The Kier molecular flexibility index (Phi) is 10.5. The smallest absolute Gasteiger partial charge is 0.305 e. The average Bonchev–Trinajstić information content (AvgIpc) is 2.52. The lowest BCUT2D eigenvalue weighted by Crippen LogP contribution is -2.39. The van der Waals surface area contributed by atoms with Crippen molar-refractivity contribution in [2.75, 3.05) is 6.61 Å². The summed E-state index contributed by atoms with van der Waals surface area (Å²) < 4.78 is 5.19. The van der Waals surface area contributed by atoms with Crippen LogP contribution in [0, 0.1) is 0 Å². The van der Waals surface area contributed by atoms with Crippen molar-refractivity contribution in [3.05, 3.63) is 0 Å². The van der Waals surface area contributed by atoms with Crippen molar-refractivity contribution in [1.82, 2.24) is 5.32 Å². The lowest BCUT2D eigenvalue weighted by molar-refractivity contribution is -0.143. The van der Waals surface area contributed by atoms with Crippen LogP contribution in [0.15, 0.2) is 4.99 Å². The van der Waals surface area contributed by atoms with Crippen molar-refractivity contribution in [3.8, 4) is 0 Å². The van der Waals surface area contributed by atoms with E-state index in [1.54, 1.807) is 0 Å². The highest BCUT2D eigenvalue weighted by atomic mass is 16.5. The number of aliphatic imine (C=N–C) groups is 1. The Morgan fingerprint density at radius 1 is 1.26 bits per heavy atom. The molecule has 1 heterocycles. The van der Waals surface area contributed by atoms with Crippen LogP contribution >= 0.6 is 0 Å². The number of carbonyl (C=O) groups excluding carboxylic acids is 1. The van der Waals surface area contributed by atoms with Crippen LogP contribution in [-0.2, 0) is 9.53 Å². The average molecular weight is 325 g/mol. The Morgan fingerprint density at radius 2 is 2.00 bits per heavy atom. The summed E-state index contributed by atoms with van der Waals surface area (Å²) >= 11 is 0. The van der Waals surface area contributed by atoms with Gasteiger partial charge in [-0.15, -0.1) is 0 Å². The maximum atomic E-state index is 11.3. The van der Waals surface area contributed by atoms with Gasteiger partial charge in [0.1, 0.15) is 0 Å². The summed E-state index contributed by atoms with van der Waals surface area (Å²) in [6.45, 7) is 4.68. The van der Waals surface area contributed by atoms with Crippen molar-refractivity contribution in [2.24, 2.45) is 10.7 Å². The minimum atomic E-state index is -0.0807. The predicted octanol–water partition coefficient (Wildman–Crippen LogP) is 3.52. The number of hydrogen-bond donors (Lipinski definition) is 2. The number of nitrogens with two attached hydrogens (primary N) is 1. The summed E-state index contributed by atoms with van der Waals surface area (Å²) in [6.07, 6.45) is 11.6. The maximum Gasteiger partial charge on any atom is 0.305 e. The summed E-state index contributed by atoms with van der Waals surface area (Å²) in [6, 6.07) is 0.689. The molecule has 0 aliphatic carbocycles. The fourth-order valence-electron chi connectivity index (χ4n) is 2.96. The summed E-state index contributed by atoms with van der Waals surface area (Å²) in [5.74, 6) is 0.502. The highest BCUT2D eigenvalue weighted by Crippen LogP contribution is 2.16. The zero-order chi connectivity index (χ0) is 16.9. The first-order chi connectivity index (χ1) is 11.1. The molecule has 5 heteroatoms. The standard InChI is InChI=1S/C18H35N3O2/c1-3-10-17(22)23-14-9-8-13-16-12-7-5-4-6-11-15(2)20-18(19)21-16/h15-16H,3-14H2,1-2H3,(H3,19,20,21)/t15-,16-/m1/s1. The first-order valence-electron chi connectivity index (χ1n) is 9.37. The second-order valence-electron chi connectivity index (χ2n) is 6.67. The first kappa shape index (κ1) is 19.8. The van der Waals surface area contributed by atoms with Crippen LogP contribution < -0.4 is 11.1 Å². The van der Waals surface area contributed by atoms with Crippen molar-refractivity contribution in [3.63, 3.8) is 0 Å². The van der Waals surface area contributed by atoms with Gasteiger partial charge in [0.05, 0.1) is 12.6 Å². The third kappa shape index (κ3) is 10.2. The maximum absolute atomic E-state index is 11.3. The van der Waals surface area contributed by atoms with Gasteiger partial charge in [-0.1, -0.05) is 32.6 Å². The molecule has 5 nitrogen and oxygen atoms in total. The second kappa shape index (κ2) is 12.2. The molecule has 3 N–H and O–H groups in total. The lowest BCUT2D eigenvalue weighted by Gasteiger charge is -2.16. The van der Waals surface area contributed by atoms with Crippen LogP contribution in [-0.4, -0.2) is 30.6 Å². The minimum absolute atomic E-state index is 0.0807. The SMILES string of the molecule is CCCC(=O)OCCCC[C@H]1CCCCCC[C@@H](C)NC(N)=N1. The Balaban J connectivity index is 2.31. The molecule has 1 aliphatic rings. The van der Waals surface area contributed by atoms with Gasteiger partial charge in [-0.25, -0.2) is 0 Å². The molecule has 0 unspecified atom stereocenters. The van der Waals surface area contributed by atoms with Gasteiger partial charge in [0.15, 0.2) is 5.96 Å². The van der Waals surface area contributed by atoms with E-state index in [0.29, 0.717) is 31.1 Å². The van der Waals surface area contributed by atoms with E-state index in [1.165, 1.54) is 25.7 Å². The fraction of sp³-hybridized carbons (Fsp3) is 0.889. The Hall–Kier alpha value is -1.26. The molecule has 1 rings (SSSR count). The van der Waals surface area contributed by atoms with Gasteiger partial charge in [-0.3, -0.25) is 9.79 Å². The molecule has 0 radical (unpaired) electrons. The Bertz CT molecular complexity index is 358. The molecular weight excluding hydrogens is 290 g/mol. The fourth-order valence-corrected chi connectivity index (χ4v) is 2.96. The number of nitrogens with one attached hydrogen (secondary N) is 1. The molecule has 2 atom stereocenters. The Morgan fingerprint density at radius 3 is 2.74 bits per heavy atom. The molecule has 0 spiro atoms. The first-order valence-corrected chi connectivity index (χ1v) is 9.37. The van der Waals surface area contributed by atoms with E-state index < -0.39 is 0 Å². The number of unbranched alkanes of at least 4 members (excludes halogenated alkanes) is 1. The molecule has 0 fully saturated rings. The van der Waals surface area contributed by atoms with Gasteiger partial charge in [0, 0.05) is 12.5 Å². The van der Waals surface area contributed by atoms with Gasteiger partial charge in [0.25, 0.3) is 0 Å². The number of nitrogens with zero attached hydrogens (tertiary/aromatic N) is 1. The zero-order valence-corrected chi connectivity index (χ0v) is 15.0. The zero-order valence-electron chi connectivity index (χ0n) is 15.0. The second-order valence-corrected chi connectivity index (χ2v) is 6.67. The number of esters is 1. The van der Waals surface area contributed by atoms with Crippen LogP contribution in [0.25, 0.3) is 0 Å². The summed E-state index contributed by atoms with van der Waals surface area (Å²) in [5.41, 5.74) is 6.03. The predicted molar refractivity (Wildman–Crippen MR) is 95.4 cm³/mol. The largest absolute Gasteiger partial charge is 0.466 e. The molecule has 0 saturated carbocycles. The van der Waals surface area contributed by atoms with E-state index in [9.17, 15) is 4.79 Å². The Labute approximate surface area is 141 Å². The van der Waals surface area contributed by atoms with E-state index in [2.05, 4.69) is 17.2 Å². The summed E-state index contributed by atoms with van der Waals surface area (Å²) in [7, 11) is 0. The molecule has 0 saturated heterocycles. The monoisotopic (exact) mass is 325 g/mol. The van der Waals surface area contributed by atoms with E-state index in [1.807, 2.05) is 6.92 Å². The summed E-state index contributed by atoms with van der Waals surface area (Å²) in [4.78, 5) is 16.0. The van der Waals surface area contributed by atoms with Crippen LogP contribution in [0.4, 0.5) is 0 Å². The van der Waals surface area contributed by atoms with Crippen molar-refractivity contribution in [2.45, 2.75) is 96.6 Å². The number of guanidine groups is 1. The molecule has 0 aromatic heterocycles. The molecule has 0 aromatic rings.